The maximum atomic E-state index is 5.11. The van der Waals surface area contributed by atoms with E-state index in [0.29, 0.717) is 0 Å². The molecule has 0 bridgehead atoms. The third-order valence-electron chi connectivity index (χ3n) is 8.33. The monoisotopic (exact) mass is 578 g/mol. The number of benzene rings is 6. The molecule has 8 rings (SSSR count). The van der Waals surface area contributed by atoms with Crippen molar-refractivity contribution in [3.05, 3.63) is 158 Å². The third kappa shape index (κ3) is 4.64. The average Bonchev–Trinajstić information content (AvgIpc) is 3.43. The van der Waals surface area contributed by atoms with Gasteiger partial charge in [0.25, 0.3) is 0 Å². The van der Waals surface area contributed by atoms with E-state index < -0.39 is 0 Å². The Morgan fingerprint density at radius 2 is 1.02 bits per heavy atom. The Morgan fingerprint density at radius 1 is 0.511 bits per heavy atom. The molecule has 0 saturated heterocycles. The van der Waals surface area contributed by atoms with Gasteiger partial charge >= 0.3 is 0 Å². The third-order valence-corrected chi connectivity index (χ3v) is 8.33. The lowest BCUT2D eigenvalue weighted by atomic mass is 10.0. The molecule has 0 aliphatic carbocycles. The molecule has 8 aromatic rings. The number of allylic oxidation sites excluding steroid dienone is 1. The molecule has 0 amide bonds. The topological polar surface area (TPSA) is 34.0 Å². The Balaban J connectivity index is 1.28. The van der Waals surface area contributed by atoms with Crippen molar-refractivity contribution in [1.82, 2.24) is 14.5 Å². The van der Waals surface area contributed by atoms with Crippen molar-refractivity contribution in [2.75, 3.05) is 4.90 Å². The van der Waals surface area contributed by atoms with Gasteiger partial charge in [0.05, 0.1) is 33.5 Å². The van der Waals surface area contributed by atoms with Gasteiger partial charge in [0, 0.05) is 44.7 Å². The summed E-state index contributed by atoms with van der Waals surface area (Å²) in [5.74, 6) is 0. The first kappa shape index (κ1) is 26.6. The predicted molar refractivity (Wildman–Crippen MR) is 189 cm³/mol. The molecule has 45 heavy (non-hydrogen) atoms. The fourth-order valence-electron chi connectivity index (χ4n) is 6.30. The maximum absolute atomic E-state index is 5.11. The van der Waals surface area contributed by atoms with E-state index in [1.165, 1.54) is 16.3 Å². The second-order valence-corrected chi connectivity index (χ2v) is 11.3. The van der Waals surface area contributed by atoms with Gasteiger partial charge in [0.1, 0.15) is 0 Å². The minimum absolute atomic E-state index is 0.867. The van der Waals surface area contributed by atoms with Gasteiger partial charge in [-0.05, 0) is 67.6 Å². The van der Waals surface area contributed by atoms with Crippen LogP contribution in [-0.2, 0) is 0 Å². The predicted octanol–water partition coefficient (Wildman–Crippen LogP) is 11.0. The summed E-state index contributed by atoms with van der Waals surface area (Å²) in [6.45, 7) is 6.33. The van der Waals surface area contributed by atoms with Crippen LogP contribution in [-0.4, -0.2) is 14.5 Å². The zero-order chi connectivity index (χ0) is 30.3. The summed E-state index contributed by atoms with van der Waals surface area (Å²) >= 11 is 0. The molecular formula is C41H30N4. The zero-order valence-electron chi connectivity index (χ0n) is 24.9. The summed E-state index contributed by atoms with van der Waals surface area (Å²) in [5.41, 5.74) is 12.1. The molecule has 0 saturated carbocycles. The van der Waals surface area contributed by atoms with Crippen LogP contribution in [0.15, 0.2) is 158 Å². The Morgan fingerprint density at radius 3 is 1.69 bits per heavy atom. The highest BCUT2D eigenvalue weighted by molar-refractivity contribution is 6.11. The van der Waals surface area contributed by atoms with Crippen LogP contribution in [0.3, 0.4) is 0 Å². The van der Waals surface area contributed by atoms with Gasteiger partial charge < -0.3 is 9.47 Å². The molecule has 0 aliphatic heterocycles. The van der Waals surface area contributed by atoms with Gasteiger partial charge in [0.2, 0.25) is 0 Å². The van der Waals surface area contributed by atoms with Gasteiger partial charge in [-0.2, -0.15) is 0 Å². The normalized spacial score (nSPS) is 11.3. The standard InChI is InChI=1S/C41H30N4/c1-28(2)44-38-20-12-9-17-34(38)35-27-33(25-26-39(35)44)45(31-15-7-4-8-16-31)32-23-21-30(22-24-32)41-40(29-13-5-3-6-14-29)42-36-18-10-11-19-37(36)43-41/h3-27H,1H2,2H3. The summed E-state index contributed by atoms with van der Waals surface area (Å²) in [4.78, 5) is 12.5. The Bertz CT molecular complexity index is 2340. The first-order chi connectivity index (χ1) is 22.2. The number of anilines is 3. The number of hydrogen-bond acceptors (Lipinski definition) is 3. The average molecular weight is 579 g/mol. The summed E-state index contributed by atoms with van der Waals surface area (Å²) < 4.78 is 2.24. The minimum Gasteiger partial charge on any atom is -0.314 e. The molecule has 0 aliphatic rings. The number of hydrogen-bond donors (Lipinski definition) is 0. The van der Waals surface area contributed by atoms with Crippen LogP contribution >= 0.6 is 0 Å². The van der Waals surface area contributed by atoms with E-state index in [1.807, 2.05) is 42.5 Å². The molecule has 0 N–H and O–H groups in total. The van der Waals surface area contributed by atoms with Crippen molar-refractivity contribution in [2.24, 2.45) is 0 Å². The molecule has 6 aromatic carbocycles. The summed E-state index contributed by atoms with van der Waals surface area (Å²) in [7, 11) is 0. The molecule has 0 fully saturated rings. The van der Waals surface area contributed by atoms with Gasteiger partial charge in [-0.25, -0.2) is 9.97 Å². The molecule has 0 unspecified atom stereocenters. The molecule has 4 heteroatoms. The van der Waals surface area contributed by atoms with Crippen molar-refractivity contribution in [3.63, 3.8) is 0 Å². The number of rotatable bonds is 6. The maximum Gasteiger partial charge on any atom is 0.0973 e. The molecule has 214 valence electrons. The van der Waals surface area contributed by atoms with E-state index in [0.717, 1.165) is 61.8 Å². The molecule has 0 atom stereocenters. The van der Waals surface area contributed by atoms with Crippen molar-refractivity contribution >= 4 is 55.6 Å². The van der Waals surface area contributed by atoms with Crippen LogP contribution in [0.4, 0.5) is 17.1 Å². The fraction of sp³-hybridized carbons (Fsp3) is 0.0244. The number of nitrogens with zero attached hydrogens (tertiary/aromatic N) is 4. The van der Waals surface area contributed by atoms with E-state index in [4.69, 9.17) is 9.97 Å². The van der Waals surface area contributed by atoms with Crippen molar-refractivity contribution in [3.8, 4) is 22.5 Å². The molecule has 0 spiro atoms. The van der Waals surface area contributed by atoms with Gasteiger partial charge in [-0.1, -0.05) is 97.6 Å². The van der Waals surface area contributed by atoms with Crippen LogP contribution in [0.1, 0.15) is 6.92 Å². The highest BCUT2D eigenvalue weighted by Gasteiger charge is 2.18. The fourth-order valence-corrected chi connectivity index (χ4v) is 6.30. The lowest BCUT2D eigenvalue weighted by Gasteiger charge is -2.26. The first-order valence-electron chi connectivity index (χ1n) is 15.1. The van der Waals surface area contributed by atoms with Crippen molar-refractivity contribution in [1.29, 1.82) is 0 Å². The Labute approximate surface area is 262 Å². The van der Waals surface area contributed by atoms with Crippen molar-refractivity contribution in [2.45, 2.75) is 6.92 Å². The van der Waals surface area contributed by atoms with Crippen molar-refractivity contribution < 1.29 is 0 Å². The number of para-hydroxylation sites is 4. The number of aromatic nitrogens is 3. The summed E-state index contributed by atoms with van der Waals surface area (Å²) in [6, 6.07) is 52.8. The van der Waals surface area contributed by atoms with E-state index in [2.05, 4.69) is 132 Å². The van der Waals surface area contributed by atoms with Gasteiger partial charge in [-0.15, -0.1) is 0 Å². The lowest BCUT2D eigenvalue weighted by Crippen LogP contribution is -2.09. The van der Waals surface area contributed by atoms with Gasteiger partial charge in [0.15, 0.2) is 0 Å². The summed E-state index contributed by atoms with van der Waals surface area (Å²) in [5, 5.41) is 2.41. The van der Waals surface area contributed by atoms with Crippen LogP contribution in [0.2, 0.25) is 0 Å². The second-order valence-electron chi connectivity index (χ2n) is 11.3. The van der Waals surface area contributed by atoms with Crippen LogP contribution in [0.5, 0.6) is 0 Å². The quantitative estimate of drug-likeness (QED) is 0.197. The number of fused-ring (bicyclic) bond motifs is 4. The smallest absolute Gasteiger partial charge is 0.0973 e. The first-order valence-corrected chi connectivity index (χ1v) is 15.1. The van der Waals surface area contributed by atoms with E-state index in [9.17, 15) is 0 Å². The molecule has 2 aromatic heterocycles. The highest BCUT2D eigenvalue weighted by Crippen LogP contribution is 2.40. The Hall–Kier alpha value is -6.00. The lowest BCUT2D eigenvalue weighted by molar-refractivity contribution is 1.21. The SMILES string of the molecule is C=C(C)n1c2ccccc2c2cc(N(c3ccccc3)c3ccc(-c4nc5ccccc5nc4-c4ccccc4)cc3)ccc21. The second kappa shape index (κ2) is 10.9. The zero-order valence-corrected chi connectivity index (χ0v) is 24.9. The van der Waals surface area contributed by atoms with Crippen LogP contribution in [0, 0.1) is 0 Å². The molecule has 0 radical (unpaired) electrons. The largest absolute Gasteiger partial charge is 0.314 e. The molecule has 2 heterocycles. The summed E-state index contributed by atoms with van der Waals surface area (Å²) in [6.07, 6.45) is 0. The van der Waals surface area contributed by atoms with E-state index in [1.54, 1.807) is 0 Å². The molecular weight excluding hydrogens is 548 g/mol. The van der Waals surface area contributed by atoms with E-state index in [-0.39, 0.29) is 0 Å². The van der Waals surface area contributed by atoms with Gasteiger partial charge in [-0.3, -0.25) is 0 Å². The highest BCUT2D eigenvalue weighted by atomic mass is 15.1. The van der Waals surface area contributed by atoms with E-state index >= 15 is 0 Å². The minimum atomic E-state index is 0.867. The van der Waals surface area contributed by atoms with Crippen LogP contribution in [0.25, 0.3) is 61.1 Å². The van der Waals surface area contributed by atoms with Crippen LogP contribution < -0.4 is 4.90 Å². The Kier molecular flexibility index (Phi) is 6.46. The molecule has 4 nitrogen and oxygen atoms in total.